The zero-order chi connectivity index (χ0) is 18.0. The normalized spacial score (nSPS) is 16.2. The lowest BCUT2D eigenvalue weighted by Gasteiger charge is -2.32. The highest BCUT2D eigenvalue weighted by molar-refractivity contribution is 9.10. The van der Waals surface area contributed by atoms with Crippen molar-refractivity contribution in [3.63, 3.8) is 0 Å². The minimum absolute atomic E-state index is 0.0430. The topological polar surface area (TPSA) is 45.5 Å². The van der Waals surface area contributed by atoms with Crippen LogP contribution in [0.2, 0.25) is 0 Å². The van der Waals surface area contributed by atoms with Gasteiger partial charge in [0.2, 0.25) is 0 Å². The number of rotatable bonds is 4. The number of aryl methyl sites for hydroxylation is 3. The first-order chi connectivity index (χ1) is 12.0. The van der Waals surface area contributed by atoms with Gasteiger partial charge < -0.3 is 9.73 Å². The van der Waals surface area contributed by atoms with E-state index in [4.69, 9.17) is 4.42 Å². The molecule has 2 aromatic rings. The van der Waals surface area contributed by atoms with Crippen LogP contribution in [0.5, 0.6) is 0 Å². The molecule has 0 aliphatic carbocycles. The number of hydrogen-bond acceptors (Lipinski definition) is 3. The van der Waals surface area contributed by atoms with Crippen LogP contribution in [0.3, 0.4) is 0 Å². The SMILES string of the molecule is Cc1ccccc1CN1CCC(NC(=O)c2c(C)oc(C)c2Br)CC1. The quantitative estimate of drug-likeness (QED) is 0.822. The van der Waals surface area contributed by atoms with Crippen molar-refractivity contribution in [2.75, 3.05) is 13.1 Å². The van der Waals surface area contributed by atoms with Gasteiger partial charge >= 0.3 is 0 Å². The van der Waals surface area contributed by atoms with Crippen LogP contribution < -0.4 is 5.32 Å². The molecule has 0 saturated carbocycles. The average molecular weight is 405 g/mol. The molecule has 0 bridgehead atoms. The Labute approximate surface area is 157 Å². The molecule has 1 fully saturated rings. The van der Waals surface area contributed by atoms with E-state index in [-0.39, 0.29) is 11.9 Å². The lowest BCUT2D eigenvalue weighted by Crippen LogP contribution is -2.44. The number of nitrogens with zero attached hydrogens (tertiary/aromatic N) is 1. The number of carbonyl (C=O) groups excluding carboxylic acids is 1. The molecule has 1 aliphatic rings. The molecule has 134 valence electrons. The van der Waals surface area contributed by atoms with Crippen molar-refractivity contribution in [2.45, 2.75) is 46.2 Å². The number of piperidine rings is 1. The van der Waals surface area contributed by atoms with Crippen LogP contribution in [-0.2, 0) is 6.54 Å². The molecule has 0 spiro atoms. The maximum atomic E-state index is 12.6. The number of carbonyl (C=O) groups is 1. The predicted molar refractivity (Wildman–Crippen MR) is 103 cm³/mol. The molecule has 1 aliphatic heterocycles. The second kappa shape index (κ2) is 7.75. The van der Waals surface area contributed by atoms with E-state index < -0.39 is 0 Å². The first kappa shape index (κ1) is 18.2. The van der Waals surface area contributed by atoms with E-state index in [0.717, 1.165) is 42.7 Å². The minimum Gasteiger partial charge on any atom is -0.465 e. The second-order valence-corrected chi connectivity index (χ2v) is 7.65. The van der Waals surface area contributed by atoms with Crippen LogP contribution in [0.25, 0.3) is 0 Å². The van der Waals surface area contributed by atoms with Gasteiger partial charge in [-0.3, -0.25) is 9.69 Å². The number of furan rings is 1. The molecular weight excluding hydrogens is 380 g/mol. The maximum Gasteiger partial charge on any atom is 0.256 e. The fraction of sp³-hybridized carbons (Fsp3) is 0.450. The van der Waals surface area contributed by atoms with E-state index >= 15 is 0 Å². The van der Waals surface area contributed by atoms with Gasteiger partial charge in [0.05, 0.1) is 10.0 Å². The van der Waals surface area contributed by atoms with Crippen molar-refractivity contribution in [1.82, 2.24) is 10.2 Å². The van der Waals surface area contributed by atoms with Crippen molar-refractivity contribution in [1.29, 1.82) is 0 Å². The van der Waals surface area contributed by atoms with Gasteiger partial charge in [-0.1, -0.05) is 24.3 Å². The van der Waals surface area contributed by atoms with Gasteiger partial charge in [0.15, 0.2) is 0 Å². The fourth-order valence-corrected chi connectivity index (χ4v) is 3.98. The first-order valence-corrected chi connectivity index (χ1v) is 9.58. The number of hydrogen-bond donors (Lipinski definition) is 1. The van der Waals surface area contributed by atoms with Crippen molar-refractivity contribution < 1.29 is 9.21 Å². The molecule has 3 rings (SSSR count). The molecule has 0 atom stereocenters. The van der Waals surface area contributed by atoms with Crippen LogP contribution in [-0.4, -0.2) is 29.9 Å². The summed E-state index contributed by atoms with van der Waals surface area (Å²) >= 11 is 3.46. The standard InChI is InChI=1S/C20H25BrN2O2/c1-13-6-4-5-7-16(13)12-23-10-8-17(9-11-23)22-20(24)18-14(2)25-15(3)19(18)21/h4-7,17H,8-12H2,1-3H3,(H,22,24). The summed E-state index contributed by atoms with van der Waals surface area (Å²) in [7, 11) is 0. The van der Waals surface area contributed by atoms with Gasteiger partial charge in [-0.05, 0) is 60.7 Å². The molecule has 0 unspecified atom stereocenters. The van der Waals surface area contributed by atoms with Crippen LogP contribution in [0.4, 0.5) is 0 Å². The predicted octanol–water partition coefficient (Wildman–Crippen LogP) is 4.36. The lowest BCUT2D eigenvalue weighted by atomic mass is 10.0. The van der Waals surface area contributed by atoms with Crippen molar-refractivity contribution in [3.8, 4) is 0 Å². The monoisotopic (exact) mass is 404 g/mol. The molecule has 1 aromatic carbocycles. The third-order valence-corrected chi connectivity index (χ3v) is 5.95. The largest absolute Gasteiger partial charge is 0.465 e. The molecule has 1 amide bonds. The maximum absolute atomic E-state index is 12.6. The molecule has 1 N–H and O–H groups in total. The molecule has 5 heteroatoms. The molecule has 25 heavy (non-hydrogen) atoms. The van der Waals surface area contributed by atoms with Gasteiger partial charge in [0.25, 0.3) is 5.91 Å². The summed E-state index contributed by atoms with van der Waals surface area (Å²) in [4.78, 5) is 15.0. The Morgan fingerprint density at radius 1 is 1.20 bits per heavy atom. The molecule has 2 heterocycles. The van der Waals surface area contributed by atoms with E-state index in [1.165, 1.54) is 11.1 Å². The number of amides is 1. The molecule has 1 saturated heterocycles. The first-order valence-electron chi connectivity index (χ1n) is 8.79. The summed E-state index contributed by atoms with van der Waals surface area (Å²) in [5.41, 5.74) is 3.35. The van der Waals surface area contributed by atoms with Crippen molar-refractivity contribution in [3.05, 3.63) is 56.9 Å². The molecule has 4 nitrogen and oxygen atoms in total. The molecular formula is C20H25BrN2O2. The van der Waals surface area contributed by atoms with E-state index in [9.17, 15) is 4.79 Å². The Bertz CT molecular complexity index is 761. The van der Waals surface area contributed by atoms with Crippen LogP contribution in [0.15, 0.2) is 33.2 Å². The summed E-state index contributed by atoms with van der Waals surface area (Å²) in [6.07, 6.45) is 1.95. The third-order valence-electron chi connectivity index (χ3n) is 4.99. The molecule has 0 radical (unpaired) electrons. The van der Waals surface area contributed by atoms with E-state index in [2.05, 4.69) is 57.3 Å². The van der Waals surface area contributed by atoms with Gasteiger partial charge in [-0.25, -0.2) is 0 Å². The fourth-order valence-electron chi connectivity index (χ4n) is 3.44. The summed E-state index contributed by atoms with van der Waals surface area (Å²) in [6, 6.07) is 8.77. The zero-order valence-electron chi connectivity index (χ0n) is 15.1. The summed E-state index contributed by atoms with van der Waals surface area (Å²) in [6.45, 7) is 8.84. The van der Waals surface area contributed by atoms with Crippen LogP contribution in [0.1, 0.15) is 45.8 Å². The Hall–Kier alpha value is -1.59. The minimum atomic E-state index is -0.0430. The Morgan fingerprint density at radius 2 is 1.88 bits per heavy atom. The second-order valence-electron chi connectivity index (χ2n) is 6.85. The average Bonchev–Trinajstić information content (AvgIpc) is 2.84. The van der Waals surface area contributed by atoms with Gasteiger partial charge in [-0.15, -0.1) is 0 Å². The van der Waals surface area contributed by atoms with Gasteiger partial charge in [0, 0.05) is 25.7 Å². The zero-order valence-corrected chi connectivity index (χ0v) is 16.6. The lowest BCUT2D eigenvalue weighted by molar-refractivity contribution is 0.0906. The van der Waals surface area contributed by atoms with Crippen LogP contribution in [0, 0.1) is 20.8 Å². The Morgan fingerprint density at radius 3 is 2.48 bits per heavy atom. The Kier molecular flexibility index (Phi) is 5.64. The molecule has 1 aromatic heterocycles. The van der Waals surface area contributed by atoms with E-state index in [1.54, 1.807) is 0 Å². The van der Waals surface area contributed by atoms with Gasteiger partial charge in [-0.2, -0.15) is 0 Å². The Balaban J connectivity index is 1.54. The number of halogens is 1. The smallest absolute Gasteiger partial charge is 0.256 e. The van der Waals surface area contributed by atoms with Gasteiger partial charge in [0.1, 0.15) is 11.5 Å². The van der Waals surface area contributed by atoms with Crippen LogP contribution >= 0.6 is 15.9 Å². The van der Waals surface area contributed by atoms with E-state index in [1.807, 2.05) is 13.8 Å². The van der Waals surface area contributed by atoms with E-state index in [0.29, 0.717) is 11.3 Å². The van der Waals surface area contributed by atoms with Crippen molar-refractivity contribution >= 4 is 21.8 Å². The highest BCUT2D eigenvalue weighted by atomic mass is 79.9. The number of likely N-dealkylation sites (tertiary alicyclic amines) is 1. The summed E-state index contributed by atoms with van der Waals surface area (Å²) < 4.78 is 6.30. The highest BCUT2D eigenvalue weighted by Crippen LogP contribution is 2.27. The van der Waals surface area contributed by atoms with Crippen molar-refractivity contribution in [2.24, 2.45) is 0 Å². The third kappa shape index (κ3) is 4.15. The number of benzene rings is 1. The summed E-state index contributed by atoms with van der Waals surface area (Å²) in [5, 5.41) is 3.17. The highest BCUT2D eigenvalue weighted by Gasteiger charge is 2.25. The number of nitrogens with one attached hydrogen (secondary N) is 1. The summed E-state index contributed by atoms with van der Waals surface area (Å²) in [5.74, 6) is 1.37.